The van der Waals surface area contributed by atoms with Crippen molar-refractivity contribution in [2.75, 3.05) is 7.11 Å². The van der Waals surface area contributed by atoms with Crippen molar-refractivity contribution in [2.24, 2.45) is 0 Å². The zero-order chi connectivity index (χ0) is 22.7. The molecule has 166 valence electrons. The van der Waals surface area contributed by atoms with Crippen LogP contribution in [0.2, 0.25) is 0 Å². The fourth-order valence-corrected chi connectivity index (χ4v) is 3.61. The van der Waals surface area contributed by atoms with Crippen LogP contribution < -0.4 is 10.8 Å². The van der Waals surface area contributed by atoms with Gasteiger partial charge in [-0.05, 0) is 51.0 Å². The molecule has 0 unspecified atom stereocenters. The van der Waals surface area contributed by atoms with Crippen molar-refractivity contribution >= 4 is 11.8 Å². The molecule has 0 atom stereocenters. The van der Waals surface area contributed by atoms with Crippen LogP contribution in [0.4, 0.5) is 4.79 Å². The van der Waals surface area contributed by atoms with Crippen molar-refractivity contribution in [3.8, 4) is 22.5 Å². The molecule has 4 rings (SSSR count). The number of imidazole rings is 1. The van der Waals surface area contributed by atoms with Crippen LogP contribution in [0.1, 0.15) is 37.7 Å². The van der Waals surface area contributed by atoms with Gasteiger partial charge in [0.2, 0.25) is 0 Å². The largest absolute Gasteiger partial charge is 0.444 e. The number of pyridine rings is 1. The lowest BCUT2D eigenvalue weighted by molar-refractivity contribution is 0.0522. The number of hydroxylamine groups is 1. The SMILES string of the molecule is CONC1=CCc2cc(-c3nc(CNC(=O)OC(C)(C)C)[nH]c3-c3ccncc3)ccc21. The predicted molar refractivity (Wildman–Crippen MR) is 122 cm³/mol. The number of hydrogen-bond acceptors (Lipinski definition) is 6. The molecular weight excluding hydrogens is 406 g/mol. The first-order valence-corrected chi connectivity index (χ1v) is 10.4. The van der Waals surface area contributed by atoms with Crippen molar-refractivity contribution in [3.63, 3.8) is 0 Å². The maximum Gasteiger partial charge on any atom is 0.408 e. The second-order valence-electron chi connectivity index (χ2n) is 8.50. The molecule has 0 bridgehead atoms. The van der Waals surface area contributed by atoms with Crippen LogP contribution in [0.3, 0.4) is 0 Å². The van der Waals surface area contributed by atoms with E-state index in [0.717, 1.165) is 40.2 Å². The molecule has 2 heterocycles. The number of fused-ring (bicyclic) bond motifs is 1. The van der Waals surface area contributed by atoms with E-state index in [-0.39, 0.29) is 6.54 Å². The van der Waals surface area contributed by atoms with Gasteiger partial charge in [-0.2, -0.15) is 0 Å². The van der Waals surface area contributed by atoms with E-state index in [4.69, 9.17) is 14.6 Å². The molecular formula is C24H27N5O3. The van der Waals surface area contributed by atoms with Crippen molar-refractivity contribution in [1.82, 2.24) is 25.7 Å². The van der Waals surface area contributed by atoms with Crippen molar-refractivity contribution in [3.05, 3.63) is 65.8 Å². The summed E-state index contributed by atoms with van der Waals surface area (Å²) < 4.78 is 5.32. The standard InChI is InChI=1S/C24H27N5O3/c1-24(2,3)32-23(30)26-14-20-27-21(15-9-11-25-12-10-15)22(28-20)17-5-7-18-16(13-17)6-8-19(18)29-31-4/h5,7-13,29H,6,14H2,1-4H3,(H,26,30)(H,27,28). The Kier molecular flexibility index (Phi) is 5.96. The van der Waals surface area contributed by atoms with Crippen molar-refractivity contribution < 1.29 is 14.4 Å². The normalized spacial score (nSPS) is 12.8. The van der Waals surface area contributed by atoms with E-state index in [1.54, 1.807) is 19.5 Å². The fourth-order valence-electron chi connectivity index (χ4n) is 3.61. The molecule has 0 fully saturated rings. The molecule has 2 aromatic heterocycles. The lowest BCUT2D eigenvalue weighted by Crippen LogP contribution is -2.32. The van der Waals surface area contributed by atoms with Gasteiger partial charge in [0, 0.05) is 29.1 Å². The lowest BCUT2D eigenvalue weighted by atomic mass is 10.0. The topological polar surface area (TPSA) is 101 Å². The summed E-state index contributed by atoms with van der Waals surface area (Å²) in [7, 11) is 1.60. The molecule has 0 radical (unpaired) electrons. The Morgan fingerprint density at radius 2 is 1.94 bits per heavy atom. The van der Waals surface area contributed by atoms with Crippen molar-refractivity contribution in [2.45, 2.75) is 39.3 Å². The van der Waals surface area contributed by atoms with E-state index in [1.165, 1.54) is 5.56 Å². The molecule has 0 saturated heterocycles. The van der Waals surface area contributed by atoms with Gasteiger partial charge in [-0.1, -0.05) is 18.2 Å². The van der Waals surface area contributed by atoms with E-state index in [0.29, 0.717) is 5.82 Å². The average Bonchev–Trinajstić information content (AvgIpc) is 3.36. The highest BCUT2D eigenvalue weighted by atomic mass is 16.6. The summed E-state index contributed by atoms with van der Waals surface area (Å²) in [5, 5.41) is 2.76. The predicted octanol–water partition coefficient (Wildman–Crippen LogP) is 4.21. The molecule has 8 nitrogen and oxygen atoms in total. The number of allylic oxidation sites excluding steroid dienone is 1. The summed E-state index contributed by atoms with van der Waals surface area (Å²) in [4.78, 5) is 29.4. The van der Waals surface area contributed by atoms with E-state index < -0.39 is 11.7 Å². The number of alkyl carbamates (subject to hydrolysis) is 1. The third-order valence-electron chi connectivity index (χ3n) is 4.93. The second-order valence-corrected chi connectivity index (χ2v) is 8.50. The first kappa shape index (κ1) is 21.6. The summed E-state index contributed by atoms with van der Waals surface area (Å²) in [5.41, 5.74) is 9.27. The van der Waals surface area contributed by atoms with Crippen LogP contribution in [0.5, 0.6) is 0 Å². The Hall–Kier alpha value is -3.65. The fraction of sp³-hybridized carbons (Fsp3) is 0.292. The molecule has 0 aliphatic heterocycles. The van der Waals surface area contributed by atoms with Gasteiger partial charge in [-0.3, -0.25) is 15.3 Å². The van der Waals surface area contributed by atoms with Gasteiger partial charge in [-0.15, -0.1) is 0 Å². The Bertz CT molecular complexity index is 1150. The number of aromatic nitrogens is 3. The summed E-state index contributed by atoms with van der Waals surface area (Å²) >= 11 is 0. The summed E-state index contributed by atoms with van der Waals surface area (Å²) in [6, 6.07) is 10.1. The van der Waals surface area contributed by atoms with Crippen LogP contribution in [0.25, 0.3) is 28.2 Å². The first-order valence-electron chi connectivity index (χ1n) is 10.4. The van der Waals surface area contributed by atoms with Gasteiger partial charge in [-0.25, -0.2) is 9.78 Å². The average molecular weight is 434 g/mol. The number of rotatable bonds is 6. The third-order valence-corrected chi connectivity index (χ3v) is 4.93. The Morgan fingerprint density at radius 3 is 2.66 bits per heavy atom. The Balaban J connectivity index is 1.64. The van der Waals surface area contributed by atoms with E-state index in [1.807, 2.05) is 39.0 Å². The number of nitrogens with one attached hydrogen (secondary N) is 3. The smallest absolute Gasteiger partial charge is 0.408 e. The minimum atomic E-state index is -0.560. The van der Waals surface area contributed by atoms with Crippen LogP contribution in [-0.2, 0) is 22.5 Å². The van der Waals surface area contributed by atoms with E-state index >= 15 is 0 Å². The highest BCUT2D eigenvalue weighted by Crippen LogP contribution is 2.34. The number of carbonyl (C=O) groups is 1. The monoisotopic (exact) mass is 433 g/mol. The van der Waals surface area contributed by atoms with Crippen molar-refractivity contribution in [1.29, 1.82) is 0 Å². The molecule has 8 heteroatoms. The highest BCUT2D eigenvalue weighted by Gasteiger charge is 2.20. The molecule has 1 aromatic carbocycles. The molecule has 0 saturated carbocycles. The van der Waals surface area contributed by atoms with Crippen LogP contribution >= 0.6 is 0 Å². The second kappa shape index (κ2) is 8.84. The van der Waals surface area contributed by atoms with E-state index in [9.17, 15) is 4.79 Å². The van der Waals surface area contributed by atoms with Gasteiger partial charge in [0.05, 0.1) is 30.7 Å². The number of benzene rings is 1. The van der Waals surface area contributed by atoms with Crippen LogP contribution in [0.15, 0.2) is 48.8 Å². The lowest BCUT2D eigenvalue weighted by Gasteiger charge is -2.19. The minimum absolute atomic E-state index is 0.224. The number of aromatic amines is 1. The number of carbonyl (C=O) groups excluding carboxylic acids is 1. The Morgan fingerprint density at radius 1 is 1.16 bits per heavy atom. The quantitative estimate of drug-likeness (QED) is 0.504. The van der Waals surface area contributed by atoms with Gasteiger partial charge >= 0.3 is 6.09 Å². The number of H-pyrrole nitrogens is 1. The van der Waals surface area contributed by atoms with Gasteiger partial charge in [0.25, 0.3) is 0 Å². The number of ether oxygens (including phenoxy) is 1. The third kappa shape index (κ3) is 4.81. The molecule has 0 spiro atoms. The summed E-state index contributed by atoms with van der Waals surface area (Å²) in [5.74, 6) is 0.637. The number of amides is 1. The highest BCUT2D eigenvalue weighted by molar-refractivity contribution is 5.81. The maximum absolute atomic E-state index is 12.1. The molecule has 3 aromatic rings. The van der Waals surface area contributed by atoms with Gasteiger partial charge in [0.1, 0.15) is 11.4 Å². The van der Waals surface area contributed by atoms with Crippen LogP contribution in [0, 0.1) is 0 Å². The number of hydrogen-bond donors (Lipinski definition) is 3. The minimum Gasteiger partial charge on any atom is -0.444 e. The number of nitrogens with zero attached hydrogens (tertiary/aromatic N) is 2. The zero-order valence-corrected chi connectivity index (χ0v) is 18.7. The molecule has 1 aliphatic carbocycles. The summed E-state index contributed by atoms with van der Waals surface area (Å²) in [6.07, 6.45) is 5.92. The molecule has 1 amide bonds. The van der Waals surface area contributed by atoms with Gasteiger partial charge < -0.3 is 15.0 Å². The zero-order valence-electron chi connectivity index (χ0n) is 18.7. The van der Waals surface area contributed by atoms with Crippen LogP contribution in [-0.4, -0.2) is 33.8 Å². The molecule has 1 aliphatic rings. The Labute approximate surface area is 187 Å². The van der Waals surface area contributed by atoms with E-state index in [2.05, 4.69) is 39.0 Å². The van der Waals surface area contributed by atoms with Gasteiger partial charge in [0.15, 0.2) is 0 Å². The maximum atomic E-state index is 12.1. The molecule has 3 N–H and O–H groups in total. The first-order chi connectivity index (χ1) is 15.3. The summed E-state index contributed by atoms with van der Waals surface area (Å²) in [6.45, 7) is 5.71. The molecule has 32 heavy (non-hydrogen) atoms.